The molecule has 0 radical (unpaired) electrons. The number of methoxy groups -OCH3 is 2. The fourth-order valence-electron chi connectivity index (χ4n) is 2.65. The van der Waals surface area contributed by atoms with Crippen molar-refractivity contribution in [2.75, 3.05) is 27.4 Å². The van der Waals surface area contributed by atoms with Crippen LogP contribution in [0.25, 0.3) is 0 Å². The Kier molecular flexibility index (Phi) is 10.1. The largest absolute Gasteiger partial charge is 0.461 e. The molecule has 1 aliphatic rings. The number of nitriles is 1. The molecule has 5 nitrogen and oxygen atoms in total. The molecule has 1 unspecified atom stereocenters. The topological polar surface area (TPSA) is 68.5 Å². The van der Waals surface area contributed by atoms with Crippen molar-refractivity contribution in [3.8, 4) is 6.07 Å². The summed E-state index contributed by atoms with van der Waals surface area (Å²) in [5, 5.41) is 9.36. The SMILES string of the molecule is COCCCCC1=C/C(=C(/C#N)C(=O)OCCC(C)OC)CCC1. The van der Waals surface area contributed by atoms with Crippen LogP contribution >= 0.6 is 0 Å². The maximum absolute atomic E-state index is 12.2. The smallest absolute Gasteiger partial charge is 0.349 e. The fraction of sp³-hybridized carbons (Fsp3) is 0.684. The molecule has 1 rings (SSSR count). The second-order valence-electron chi connectivity index (χ2n) is 6.09. The Morgan fingerprint density at radius 2 is 2.08 bits per heavy atom. The number of rotatable bonds is 10. The van der Waals surface area contributed by atoms with Gasteiger partial charge < -0.3 is 14.2 Å². The summed E-state index contributed by atoms with van der Waals surface area (Å²) in [6, 6.07) is 2.03. The molecule has 0 saturated carbocycles. The Balaban J connectivity index is 2.64. The molecule has 24 heavy (non-hydrogen) atoms. The van der Waals surface area contributed by atoms with Crippen molar-refractivity contribution in [3.63, 3.8) is 0 Å². The molecule has 0 aromatic rings. The predicted molar refractivity (Wildman–Crippen MR) is 92.3 cm³/mol. The number of carbonyl (C=O) groups excluding carboxylic acids is 1. The van der Waals surface area contributed by atoms with E-state index in [1.807, 2.05) is 19.1 Å². The van der Waals surface area contributed by atoms with Gasteiger partial charge in [-0.25, -0.2) is 4.79 Å². The lowest BCUT2D eigenvalue weighted by molar-refractivity contribution is -0.139. The molecule has 0 bridgehead atoms. The van der Waals surface area contributed by atoms with Crippen LogP contribution in [0.2, 0.25) is 0 Å². The third-order valence-electron chi connectivity index (χ3n) is 4.22. The Morgan fingerprint density at radius 3 is 2.75 bits per heavy atom. The summed E-state index contributed by atoms with van der Waals surface area (Å²) in [6.07, 6.45) is 8.53. The maximum Gasteiger partial charge on any atom is 0.349 e. The lowest BCUT2D eigenvalue weighted by Crippen LogP contribution is -2.15. The molecule has 0 heterocycles. The minimum absolute atomic E-state index is 0.0317. The Hall–Kier alpha value is -1.64. The normalized spacial score (nSPS) is 17.7. The van der Waals surface area contributed by atoms with Gasteiger partial charge in [-0.3, -0.25) is 0 Å². The number of hydrogen-bond donors (Lipinski definition) is 0. The summed E-state index contributed by atoms with van der Waals surface area (Å²) < 4.78 is 15.4. The quantitative estimate of drug-likeness (QED) is 0.263. The predicted octanol–water partition coefficient (Wildman–Crippen LogP) is 3.70. The molecule has 0 N–H and O–H groups in total. The van der Waals surface area contributed by atoms with Gasteiger partial charge >= 0.3 is 5.97 Å². The van der Waals surface area contributed by atoms with Crippen molar-refractivity contribution in [2.24, 2.45) is 0 Å². The van der Waals surface area contributed by atoms with E-state index < -0.39 is 5.97 Å². The third-order valence-corrected chi connectivity index (χ3v) is 4.22. The van der Waals surface area contributed by atoms with Gasteiger partial charge in [0.05, 0.1) is 12.7 Å². The van der Waals surface area contributed by atoms with Crippen molar-refractivity contribution in [1.29, 1.82) is 5.26 Å². The number of allylic oxidation sites excluding steroid dienone is 3. The van der Waals surface area contributed by atoms with Gasteiger partial charge in [0.2, 0.25) is 0 Å². The number of nitrogens with zero attached hydrogens (tertiary/aromatic N) is 1. The highest BCUT2D eigenvalue weighted by Gasteiger charge is 2.19. The van der Waals surface area contributed by atoms with E-state index in [1.165, 1.54) is 5.57 Å². The molecular formula is C19H29NO4. The summed E-state index contributed by atoms with van der Waals surface area (Å²) in [5.74, 6) is -0.521. The van der Waals surface area contributed by atoms with Gasteiger partial charge in [0.1, 0.15) is 11.6 Å². The molecule has 0 aromatic carbocycles. The highest BCUT2D eigenvalue weighted by molar-refractivity contribution is 5.94. The molecular weight excluding hydrogens is 306 g/mol. The van der Waals surface area contributed by atoms with Crippen LogP contribution in [0.15, 0.2) is 22.8 Å². The zero-order valence-electron chi connectivity index (χ0n) is 15.1. The fourth-order valence-corrected chi connectivity index (χ4v) is 2.65. The number of ether oxygens (including phenoxy) is 3. The van der Waals surface area contributed by atoms with Crippen molar-refractivity contribution >= 4 is 5.97 Å². The standard InChI is InChI=1S/C19H29NO4/c1-15(23-3)10-12-24-19(21)18(14-20)17-9-6-8-16(13-17)7-4-5-11-22-2/h13,15H,4-12H2,1-3H3/b18-17-. The summed E-state index contributed by atoms with van der Waals surface area (Å²) in [6.45, 7) is 2.95. The Labute approximate surface area is 145 Å². The van der Waals surface area contributed by atoms with E-state index in [2.05, 4.69) is 0 Å². The maximum atomic E-state index is 12.2. The molecule has 0 aliphatic heterocycles. The van der Waals surface area contributed by atoms with Crippen LogP contribution in [-0.2, 0) is 19.0 Å². The van der Waals surface area contributed by atoms with Crippen LogP contribution < -0.4 is 0 Å². The van der Waals surface area contributed by atoms with E-state index in [-0.39, 0.29) is 18.3 Å². The van der Waals surface area contributed by atoms with E-state index in [9.17, 15) is 10.1 Å². The molecule has 1 aliphatic carbocycles. The average Bonchev–Trinajstić information content (AvgIpc) is 2.59. The van der Waals surface area contributed by atoms with Gasteiger partial charge in [-0.05, 0) is 51.0 Å². The molecule has 5 heteroatoms. The number of esters is 1. The van der Waals surface area contributed by atoms with Gasteiger partial charge in [0.15, 0.2) is 0 Å². The first kappa shape index (κ1) is 20.4. The first-order chi connectivity index (χ1) is 11.6. The second-order valence-corrected chi connectivity index (χ2v) is 6.09. The van der Waals surface area contributed by atoms with Crippen molar-refractivity contribution in [1.82, 2.24) is 0 Å². The van der Waals surface area contributed by atoms with Crippen LogP contribution in [-0.4, -0.2) is 39.5 Å². The van der Waals surface area contributed by atoms with Crippen molar-refractivity contribution < 1.29 is 19.0 Å². The molecule has 134 valence electrons. The number of hydrogen-bond acceptors (Lipinski definition) is 5. The highest BCUT2D eigenvalue weighted by atomic mass is 16.5. The molecule has 0 fully saturated rings. The van der Waals surface area contributed by atoms with Crippen LogP contribution in [0.3, 0.4) is 0 Å². The molecule has 0 aromatic heterocycles. The highest BCUT2D eigenvalue weighted by Crippen LogP contribution is 2.28. The van der Waals surface area contributed by atoms with Gasteiger partial charge in [-0.1, -0.05) is 11.6 Å². The van der Waals surface area contributed by atoms with Crippen LogP contribution in [0.5, 0.6) is 0 Å². The minimum atomic E-state index is -0.521. The lowest BCUT2D eigenvalue weighted by atomic mass is 9.90. The van der Waals surface area contributed by atoms with Crippen molar-refractivity contribution in [2.45, 2.75) is 58.0 Å². The summed E-state index contributed by atoms with van der Waals surface area (Å²) >= 11 is 0. The van der Waals surface area contributed by atoms with Gasteiger partial charge in [-0.15, -0.1) is 0 Å². The third kappa shape index (κ3) is 7.29. The van der Waals surface area contributed by atoms with Gasteiger partial charge in [0.25, 0.3) is 0 Å². The first-order valence-electron chi connectivity index (χ1n) is 8.64. The van der Waals surface area contributed by atoms with E-state index in [0.29, 0.717) is 6.42 Å². The molecule has 1 atom stereocenters. The summed E-state index contributed by atoms with van der Waals surface area (Å²) in [4.78, 5) is 12.2. The van der Waals surface area contributed by atoms with E-state index in [1.54, 1.807) is 14.2 Å². The monoisotopic (exact) mass is 335 g/mol. The number of unbranched alkanes of at least 4 members (excludes halogenated alkanes) is 1. The van der Waals surface area contributed by atoms with Crippen LogP contribution in [0.4, 0.5) is 0 Å². The van der Waals surface area contributed by atoms with Crippen molar-refractivity contribution in [3.05, 3.63) is 22.8 Å². The Bertz CT molecular complexity index is 502. The van der Waals surface area contributed by atoms with Crippen LogP contribution in [0.1, 0.15) is 51.9 Å². The lowest BCUT2D eigenvalue weighted by Gasteiger charge is -2.16. The van der Waals surface area contributed by atoms with Gasteiger partial charge in [0, 0.05) is 27.2 Å². The van der Waals surface area contributed by atoms with E-state index in [4.69, 9.17) is 14.2 Å². The van der Waals surface area contributed by atoms with Crippen LogP contribution in [0, 0.1) is 11.3 Å². The zero-order valence-corrected chi connectivity index (χ0v) is 15.1. The Morgan fingerprint density at radius 1 is 1.29 bits per heavy atom. The molecule has 0 saturated heterocycles. The summed E-state index contributed by atoms with van der Waals surface area (Å²) in [7, 11) is 3.33. The zero-order chi connectivity index (χ0) is 17.8. The second kappa shape index (κ2) is 11.8. The minimum Gasteiger partial charge on any atom is -0.461 e. The average molecular weight is 335 g/mol. The number of carbonyl (C=O) groups is 1. The van der Waals surface area contributed by atoms with E-state index in [0.717, 1.165) is 50.7 Å². The molecule has 0 amide bonds. The van der Waals surface area contributed by atoms with Gasteiger partial charge in [-0.2, -0.15) is 5.26 Å². The van der Waals surface area contributed by atoms with E-state index >= 15 is 0 Å². The molecule has 0 spiro atoms. The first-order valence-corrected chi connectivity index (χ1v) is 8.64. The summed E-state index contributed by atoms with van der Waals surface area (Å²) in [5.41, 5.74) is 2.27.